The molecule has 1 N–H and O–H groups in total. The Labute approximate surface area is 118 Å². The number of nitrogens with zero attached hydrogens (tertiary/aromatic N) is 4. The van der Waals surface area contributed by atoms with Gasteiger partial charge in [0.15, 0.2) is 0 Å². The Kier molecular flexibility index (Phi) is 4.42. The van der Waals surface area contributed by atoms with Crippen LogP contribution in [-0.4, -0.2) is 55.6 Å². The van der Waals surface area contributed by atoms with Gasteiger partial charge in [0, 0.05) is 32.6 Å². The Balaban J connectivity index is 1.93. The number of likely N-dealkylation sites (N-methyl/N-ethyl adjacent to an activating group) is 1. The van der Waals surface area contributed by atoms with Crippen molar-refractivity contribution in [3.63, 3.8) is 0 Å². The molecule has 0 bridgehead atoms. The van der Waals surface area contributed by atoms with Gasteiger partial charge in [0.1, 0.15) is 6.17 Å². The van der Waals surface area contributed by atoms with Crippen LogP contribution in [0, 0.1) is 0 Å². The van der Waals surface area contributed by atoms with E-state index in [0.717, 1.165) is 24.9 Å². The summed E-state index contributed by atoms with van der Waals surface area (Å²) in [5.74, 6) is 1.75. The van der Waals surface area contributed by atoms with Crippen molar-refractivity contribution < 1.29 is 0 Å². The van der Waals surface area contributed by atoms with E-state index in [1.165, 1.54) is 4.88 Å². The topological polar surface area (TPSA) is 43.2 Å². The SMILES string of the molecule is CC1N=C(N(C)C)NC(N(C)CCc2cccs2)=N1. The molecule has 0 amide bonds. The van der Waals surface area contributed by atoms with Crippen LogP contribution in [-0.2, 0) is 6.42 Å². The van der Waals surface area contributed by atoms with Crippen LogP contribution in [0.4, 0.5) is 0 Å². The van der Waals surface area contributed by atoms with E-state index in [4.69, 9.17) is 0 Å². The molecular weight excluding hydrogens is 258 g/mol. The molecule has 0 aromatic carbocycles. The lowest BCUT2D eigenvalue weighted by molar-refractivity contribution is 0.478. The van der Waals surface area contributed by atoms with Gasteiger partial charge in [0.2, 0.25) is 11.9 Å². The monoisotopic (exact) mass is 279 g/mol. The van der Waals surface area contributed by atoms with Crippen LogP contribution in [0.3, 0.4) is 0 Å². The van der Waals surface area contributed by atoms with Gasteiger partial charge in [0.25, 0.3) is 0 Å². The molecule has 0 saturated carbocycles. The summed E-state index contributed by atoms with van der Waals surface area (Å²) in [4.78, 5) is 14.5. The van der Waals surface area contributed by atoms with E-state index >= 15 is 0 Å². The minimum Gasteiger partial charge on any atom is -0.349 e. The Bertz CT molecular complexity index is 463. The van der Waals surface area contributed by atoms with Crippen LogP contribution in [0.2, 0.25) is 0 Å². The second-order valence-electron chi connectivity index (χ2n) is 4.81. The van der Waals surface area contributed by atoms with Gasteiger partial charge in [-0.3, -0.25) is 5.32 Å². The predicted molar refractivity (Wildman–Crippen MR) is 81.8 cm³/mol. The van der Waals surface area contributed by atoms with Crippen LogP contribution in [0.5, 0.6) is 0 Å². The average molecular weight is 279 g/mol. The zero-order chi connectivity index (χ0) is 13.8. The average Bonchev–Trinajstić information content (AvgIpc) is 2.88. The molecule has 1 atom stereocenters. The second-order valence-corrected chi connectivity index (χ2v) is 5.84. The minimum absolute atomic E-state index is 0.0298. The first-order chi connectivity index (χ1) is 9.06. The van der Waals surface area contributed by atoms with E-state index in [0.29, 0.717) is 0 Å². The van der Waals surface area contributed by atoms with Gasteiger partial charge in [-0.2, -0.15) is 0 Å². The molecule has 1 aliphatic rings. The Morgan fingerprint density at radius 3 is 2.63 bits per heavy atom. The number of aliphatic imine (C=N–C) groups is 2. The Hall–Kier alpha value is -1.56. The van der Waals surface area contributed by atoms with Crippen molar-refractivity contribution in [1.29, 1.82) is 0 Å². The van der Waals surface area contributed by atoms with E-state index in [1.807, 2.05) is 25.9 Å². The third-order valence-corrected chi connectivity index (χ3v) is 3.84. The van der Waals surface area contributed by atoms with Crippen molar-refractivity contribution in [2.75, 3.05) is 27.7 Å². The molecule has 1 aliphatic heterocycles. The number of guanidine groups is 2. The molecule has 0 saturated heterocycles. The predicted octanol–water partition coefficient (Wildman–Crippen LogP) is 1.45. The number of hydrogen-bond acceptors (Lipinski definition) is 6. The quantitative estimate of drug-likeness (QED) is 0.910. The third kappa shape index (κ3) is 3.70. The van der Waals surface area contributed by atoms with Gasteiger partial charge in [-0.05, 0) is 24.8 Å². The summed E-state index contributed by atoms with van der Waals surface area (Å²) in [5, 5.41) is 5.38. The first-order valence-corrected chi connectivity index (χ1v) is 7.27. The lowest BCUT2D eigenvalue weighted by atomic mass is 10.3. The smallest absolute Gasteiger partial charge is 0.202 e. The highest BCUT2D eigenvalue weighted by molar-refractivity contribution is 7.09. The maximum absolute atomic E-state index is 4.54. The van der Waals surface area contributed by atoms with Crippen LogP contribution >= 0.6 is 11.3 Å². The summed E-state index contributed by atoms with van der Waals surface area (Å²) < 4.78 is 0. The molecule has 2 rings (SSSR count). The van der Waals surface area contributed by atoms with Crippen molar-refractivity contribution in [3.05, 3.63) is 22.4 Å². The molecule has 5 nitrogen and oxygen atoms in total. The molecule has 1 aromatic heterocycles. The van der Waals surface area contributed by atoms with E-state index in [1.54, 1.807) is 11.3 Å². The molecule has 19 heavy (non-hydrogen) atoms. The van der Waals surface area contributed by atoms with Crippen molar-refractivity contribution >= 4 is 23.3 Å². The maximum Gasteiger partial charge on any atom is 0.202 e. The molecule has 1 aromatic rings. The lowest BCUT2D eigenvalue weighted by Gasteiger charge is -2.29. The lowest BCUT2D eigenvalue weighted by Crippen LogP contribution is -2.50. The summed E-state index contributed by atoms with van der Waals surface area (Å²) in [5.41, 5.74) is 0. The van der Waals surface area contributed by atoms with Gasteiger partial charge < -0.3 is 9.80 Å². The van der Waals surface area contributed by atoms with Crippen LogP contribution in [0.15, 0.2) is 27.5 Å². The van der Waals surface area contributed by atoms with Gasteiger partial charge in [0.05, 0.1) is 0 Å². The summed E-state index contributed by atoms with van der Waals surface area (Å²) >= 11 is 1.80. The van der Waals surface area contributed by atoms with E-state index in [-0.39, 0.29) is 6.17 Å². The summed E-state index contributed by atoms with van der Waals surface area (Å²) in [7, 11) is 6.02. The Morgan fingerprint density at radius 1 is 1.26 bits per heavy atom. The van der Waals surface area contributed by atoms with Crippen LogP contribution in [0.1, 0.15) is 11.8 Å². The molecular formula is C13H21N5S. The Morgan fingerprint density at radius 2 is 2.00 bits per heavy atom. The fourth-order valence-electron chi connectivity index (χ4n) is 1.81. The summed E-state index contributed by atoms with van der Waals surface area (Å²) in [6.07, 6.45) is 1.01. The van der Waals surface area contributed by atoms with Gasteiger partial charge >= 0.3 is 0 Å². The van der Waals surface area contributed by atoms with Crippen molar-refractivity contribution in [3.8, 4) is 0 Å². The van der Waals surface area contributed by atoms with Crippen LogP contribution < -0.4 is 5.32 Å². The molecule has 2 heterocycles. The van der Waals surface area contributed by atoms with Gasteiger partial charge in [-0.25, -0.2) is 9.98 Å². The second kappa shape index (κ2) is 6.06. The van der Waals surface area contributed by atoms with Gasteiger partial charge in [-0.15, -0.1) is 11.3 Å². The first-order valence-electron chi connectivity index (χ1n) is 6.39. The zero-order valence-electron chi connectivity index (χ0n) is 11.9. The third-order valence-electron chi connectivity index (χ3n) is 2.90. The largest absolute Gasteiger partial charge is 0.349 e. The first kappa shape index (κ1) is 13.9. The normalized spacial score (nSPS) is 18.4. The highest BCUT2D eigenvalue weighted by Crippen LogP contribution is 2.10. The molecule has 0 aliphatic carbocycles. The van der Waals surface area contributed by atoms with E-state index < -0.39 is 0 Å². The zero-order valence-corrected chi connectivity index (χ0v) is 12.7. The standard InChI is InChI=1S/C13H21N5S/c1-10-14-12(17(2)3)16-13(15-10)18(4)8-7-11-6-5-9-19-11/h5-6,9-10H,7-8H2,1-4H3,(H,14,15,16). The molecule has 0 spiro atoms. The highest BCUT2D eigenvalue weighted by Gasteiger charge is 2.17. The summed E-state index contributed by atoms with van der Waals surface area (Å²) in [6.45, 7) is 2.94. The fourth-order valence-corrected chi connectivity index (χ4v) is 2.51. The molecule has 6 heteroatoms. The van der Waals surface area contributed by atoms with E-state index in [9.17, 15) is 0 Å². The van der Waals surface area contributed by atoms with Gasteiger partial charge in [-0.1, -0.05) is 6.07 Å². The van der Waals surface area contributed by atoms with Crippen LogP contribution in [0.25, 0.3) is 0 Å². The minimum atomic E-state index is -0.0298. The van der Waals surface area contributed by atoms with Crippen molar-refractivity contribution in [2.45, 2.75) is 19.5 Å². The maximum atomic E-state index is 4.54. The number of thiophene rings is 1. The van der Waals surface area contributed by atoms with Crippen molar-refractivity contribution in [2.24, 2.45) is 9.98 Å². The van der Waals surface area contributed by atoms with E-state index in [2.05, 4.69) is 44.8 Å². The number of hydrogen-bond donors (Lipinski definition) is 1. The molecule has 0 fully saturated rings. The fraction of sp³-hybridized carbons (Fsp3) is 0.538. The summed E-state index contributed by atoms with van der Waals surface area (Å²) in [6, 6.07) is 4.26. The molecule has 0 radical (unpaired) electrons. The number of rotatable bonds is 3. The molecule has 1 unspecified atom stereocenters. The number of nitrogens with one attached hydrogen (secondary N) is 1. The molecule has 104 valence electrons. The van der Waals surface area contributed by atoms with Crippen molar-refractivity contribution in [1.82, 2.24) is 15.1 Å². The highest BCUT2D eigenvalue weighted by atomic mass is 32.1.